The second-order valence-corrected chi connectivity index (χ2v) is 6.36. The number of carbonyl (C=O) groups excluding carboxylic acids is 3. The number of hydrogen-bond donors (Lipinski definition) is 1. The van der Waals surface area contributed by atoms with Gasteiger partial charge in [0.15, 0.2) is 6.04 Å². The summed E-state index contributed by atoms with van der Waals surface area (Å²) in [7, 11) is 0. The molecule has 2 fully saturated rings. The maximum atomic E-state index is 12.8. The first kappa shape index (κ1) is 16.6. The molecule has 6 nitrogen and oxygen atoms in total. The van der Waals surface area contributed by atoms with Crippen LogP contribution in [0.3, 0.4) is 0 Å². The molecule has 128 valence electrons. The first-order valence-corrected chi connectivity index (χ1v) is 8.55. The SMILES string of the molecule is CCOC(=O)[C@@H]1CCC[NH+]([C@@H]2CC(=O)N(c3ccccc3)C2=O)C1. The number of ether oxygens (including phenoxy) is 1. The van der Waals surface area contributed by atoms with Gasteiger partial charge in [-0.15, -0.1) is 0 Å². The first-order chi connectivity index (χ1) is 11.6. The lowest BCUT2D eigenvalue weighted by molar-refractivity contribution is -0.922. The topological polar surface area (TPSA) is 68.1 Å². The number of nitrogens with zero attached hydrogens (tertiary/aromatic N) is 1. The summed E-state index contributed by atoms with van der Waals surface area (Å²) in [5, 5.41) is 0. The van der Waals surface area contributed by atoms with Crippen LogP contribution in [0, 0.1) is 5.92 Å². The second-order valence-electron chi connectivity index (χ2n) is 6.36. The third kappa shape index (κ3) is 3.19. The number of rotatable bonds is 4. The zero-order chi connectivity index (χ0) is 17.1. The van der Waals surface area contributed by atoms with Crippen molar-refractivity contribution < 1.29 is 24.0 Å². The Morgan fingerprint density at radius 2 is 2.04 bits per heavy atom. The van der Waals surface area contributed by atoms with Gasteiger partial charge < -0.3 is 9.64 Å². The third-order valence-electron chi connectivity index (χ3n) is 4.83. The fourth-order valence-corrected chi connectivity index (χ4v) is 3.67. The monoisotopic (exact) mass is 331 g/mol. The molecule has 3 rings (SSSR count). The number of amides is 2. The van der Waals surface area contributed by atoms with E-state index in [0.29, 0.717) is 18.8 Å². The Morgan fingerprint density at radius 1 is 1.29 bits per heavy atom. The van der Waals surface area contributed by atoms with Crippen LogP contribution in [0.5, 0.6) is 0 Å². The average molecular weight is 331 g/mol. The number of nitrogens with one attached hydrogen (secondary N) is 1. The number of piperidine rings is 1. The van der Waals surface area contributed by atoms with Crippen molar-refractivity contribution in [1.29, 1.82) is 0 Å². The molecule has 2 heterocycles. The van der Waals surface area contributed by atoms with Crippen molar-refractivity contribution in [2.24, 2.45) is 5.92 Å². The van der Waals surface area contributed by atoms with Crippen molar-refractivity contribution in [3.05, 3.63) is 30.3 Å². The molecule has 2 amide bonds. The van der Waals surface area contributed by atoms with E-state index in [1.807, 2.05) is 18.2 Å². The van der Waals surface area contributed by atoms with Gasteiger partial charge in [-0.25, -0.2) is 4.90 Å². The van der Waals surface area contributed by atoms with E-state index in [1.165, 1.54) is 4.90 Å². The van der Waals surface area contributed by atoms with Gasteiger partial charge in [0.05, 0.1) is 31.8 Å². The fourth-order valence-electron chi connectivity index (χ4n) is 3.67. The molecule has 1 aromatic carbocycles. The van der Waals surface area contributed by atoms with Crippen molar-refractivity contribution >= 4 is 23.5 Å². The minimum atomic E-state index is -0.394. The molecule has 0 bridgehead atoms. The minimum absolute atomic E-state index is 0.161. The summed E-state index contributed by atoms with van der Waals surface area (Å²) in [6.45, 7) is 3.53. The second kappa shape index (κ2) is 7.13. The fraction of sp³-hybridized carbons (Fsp3) is 0.500. The Hall–Kier alpha value is -2.21. The van der Waals surface area contributed by atoms with E-state index >= 15 is 0 Å². The van der Waals surface area contributed by atoms with Gasteiger partial charge in [-0.3, -0.25) is 14.4 Å². The van der Waals surface area contributed by atoms with Crippen molar-refractivity contribution in [3.63, 3.8) is 0 Å². The lowest BCUT2D eigenvalue weighted by Gasteiger charge is -2.31. The molecular formula is C18H23N2O4+. The summed E-state index contributed by atoms with van der Waals surface area (Å²) >= 11 is 0. The summed E-state index contributed by atoms with van der Waals surface area (Å²) in [5.41, 5.74) is 0.619. The van der Waals surface area contributed by atoms with E-state index in [2.05, 4.69) is 0 Å². The molecule has 0 saturated carbocycles. The predicted molar refractivity (Wildman–Crippen MR) is 87.4 cm³/mol. The molecule has 0 aromatic heterocycles. The number of quaternary nitrogens is 1. The predicted octanol–water partition coefficient (Wildman–Crippen LogP) is 0.177. The normalized spacial score (nSPS) is 27.4. The Kier molecular flexibility index (Phi) is 4.94. The van der Waals surface area contributed by atoms with E-state index in [1.54, 1.807) is 19.1 Å². The molecule has 2 aliphatic heterocycles. The summed E-state index contributed by atoms with van der Waals surface area (Å²) in [6, 6.07) is 8.62. The van der Waals surface area contributed by atoms with E-state index in [9.17, 15) is 14.4 Å². The number of para-hydroxylation sites is 1. The van der Waals surface area contributed by atoms with Crippen LogP contribution in [0.15, 0.2) is 30.3 Å². The quantitative estimate of drug-likeness (QED) is 0.631. The molecule has 0 spiro atoms. The highest BCUT2D eigenvalue weighted by atomic mass is 16.5. The van der Waals surface area contributed by atoms with Crippen molar-refractivity contribution in [2.45, 2.75) is 32.2 Å². The summed E-state index contributed by atoms with van der Waals surface area (Å²) in [5.74, 6) is -0.693. The maximum Gasteiger partial charge on any atom is 0.314 e. The Bertz CT molecular complexity index is 631. The molecular weight excluding hydrogens is 308 g/mol. The average Bonchev–Trinajstić information content (AvgIpc) is 2.90. The molecule has 1 aromatic rings. The number of anilines is 1. The molecule has 2 saturated heterocycles. The molecule has 2 aliphatic rings. The van der Waals surface area contributed by atoms with Crippen molar-refractivity contribution in [3.8, 4) is 0 Å². The molecule has 0 aliphatic carbocycles. The highest BCUT2D eigenvalue weighted by Gasteiger charge is 2.47. The lowest BCUT2D eigenvalue weighted by atomic mass is 9.96. The third-order valence-corrected chi connectivity index (χ3v) is 4.83. The van der Waals surface area contributed by atoms with Crippen LogP contribution in [0.1, 0.15) is 26.2 Å². The highest BCUT2D eigenvalue weighted by molar-refractivity contribution is 6.21. The maximum absolute atomic E-state index is 12.8. The van der Waals surface area contributed by atoms with Crippen LogP contribution in [0.2, 0.25) is 0 Å². The Morgan fingerprint density at radius 3 is 2.75 bits per heavy atom. The highest BCUT2D eigenvalue weighted by Crippen LogP contribution is 2.22. The lowest BCUT2D eigenvalue weighted by Crippen LogP contribution is -3.18. The standard InChI is InChI=1S/C18H22N2O4/c1-2-24-18(23)13-7-6-10-19(12-13)15-11-16(21)20(17(15)22)14-8-4-3-5-9-14/h3-5,8-9,13,15H,2,6-7,10-12H2,1H3/p+1/t13-,15-/m1/s1. The van der Waals surface area contributed by atoms with Gasteiger partial charge in [0.1, 0.15) is 5.92 Å². The number of likely N-dealkylation sites (tertiary alicyclic amines) is 1. The number of hydrogen-bond acceptors (Lipinski definition) is 4. The summed E-state index contributed by atoms with van der Waals surface area (Å²) in [4.78, 5) is 39.4. The zero-order valence-corrected chi connectivity index (χ0v) is 13.9. The molecule has 1 N–H and O–H groups in total. The molecule has 0 radical (unpaired) electrons. The molecule has 6 heteroatoms. The Balaban J connectivity index is 1.72. The van der Waals surface area contributed by atoms with Gasteiger partial charge in [-0.05, 0) is 31.9 Å². The largest absolute Gasteiger partial charge is 0.466 e. The van der Waals surface area contributed by atoms with E-state index in [-0.39, 0.29) is 30.1 Å². The van der Waals surface area contributed by atoms with E-state index < -0.39 is 6.04 Å². The number of esters is 1. The van der Waals surface area contributed by atoms with Gasteiger partial charge in [-0.1, -0.05) is 18.2 Å². The van der Waals surface area contributed by atoms with Gasteiger partial charge >= 0.3 is 5.97 Å². The number of imide groups is 1. The van der Waals surface area contributed by atoms with Crippen LogP contribution in [-0.2, 0) is 19.1 Å². The number of carbonyl (C=O) groups is 3. The van der Waals surface area contributed by atoms with Gasteiger partial charge in [0.25, 0.3) is 5.91 Å². The van der Waals surface area contributed by atoms with Gasteiger partial charge in [0.2, 0.25) is 5.91 Å². The van der Waals surface area contributed by atoms with Crippen molar-refractivity contribution in [2.75, 3.05) is 24.6 Å². The number of benzene rings is 1. The van der Waals surface area contributed by atoms with Gasteiger partial charge in [-0.2, -0.15) is 0 Å². The van der Waals surface area contributed by atoms with Crippen LogP contribution in [-0.4, -0.2) is 43.5 Å². The molecule has 1 unspecified atom stereocenters. The van der Waals surface area contributed by atoms with Crippen LogP contribution in [0.25, 0.3) is 0 Å². The van der Waals surface area contributed by atoms with Crippen LogP contribution in [0.4, 0.5) is 5.69 Å². The van der Waals surface area contributed by atoms with Crippen molar-refractivity contribution in [1.82, 2.24) is 0 Å². The van der Waals surface area contributed by atoms with Gasteiger partial charge in [0, 0.05) is 0 Å². The summed E-state index contributed by atoms with van der Waals surface area (Å²) in [6.07, 6.45) is 1.86. The zero-order valence-electron chi connectivity index (χ0n) is 13.9. The molecule has 3 atom stereocenters. The van der Waals surface area contributed by atoms with Crippen LogP contribution < -0.4 is 9.80 Å². The minimum Gasteiger partial charge on any atom is -0.466 e. The van der Waals surface area contributed by atoms with E-state index in [4.69, 9.17) is 4.74 Å². The van der Waals surface area contributed by atoms with Crippen LogP contribution >= 0.6 is 0 Å². The van der Waals surface area contributed by atoms with E-state index in [0.717, 1.165) is 24.3 Å². The summed E-state index contributed by atoms with van der Waals surface area (Å²) < 4.78 is 5.12. The molecule has 24 heavy (non-hydrogen) atoms. The Labute approximate surface area is 141 Å². The smallest absolute Gasteiger partial charge is 0.314 e. The first-order valence-electron chi connectivity index (χ1n) is 8.55.